The number of rotatable bonds is 2. The van der Waals surface area contributed by atoms with Crippen molar-refractivity contribution in [2.75, 3.05) is 7.11 Å². The maximum Gasteiger partial charge on any atom is 0.265 e. The highest BCUT2D eigenvalue weighted by Gasteiger charge is 2.14. The molecule has 0 radical (unpaired) electrons. The van der Waals surface area contributed by atoms with Gasteiger partial charge in [-0.05, 0) is 28.7 Å². The molecule has 66 valence electrons. The average molecular weight is 285 g/mol. The van der Waals surface area contributed by atoms with Gasteiger partial charge >= 0.3 is 0 Å². The Bertz CT molecular complexity index is 280. The van der Waals surface area contributed by atoms with Crippen LogP contribution in [-0.2, 0) is 0 Å². The van der Waals surface area contributed by atoms with E-state index >= 15 is 0 Å². The van der Waals surface area contributed by atoms with Crippen LogP contribution in [0.3, 0.4) is 0 Å². The van der Waals surface area contributed by atoms with Gasteiger partial charge in [0.15, 0.2) is 0 Å². The molecule has 0 N–H and O–H groups in total. The van der Waals surface area contributed by atoms with E-state index in [1.54, 1.807) is 22.6 Å². The molecule has 0 unspecified atom stereocenters. The Labute approximate surface area is 82.1 Å². The molecule has 1 aromatic rings. The van der Waals surface area contributed by atoms with Crippen LogP contribution >= 0.6 is 22.6 Å². The Morgan fingerprint density at radius 1 is 1.58 bits per heavy atom. The van der Waals surface area contributed by atoms with Gasteiger partial charge in [-0.3, -0.25) is 0 Å². The molecule has 0 amide bonds. The summed E-state index contributed by atoms with van der Waals surface area (Å²) in [7, 11) is 1.40. The van der Waals surface area contributed by atoms with E-state index in [1.165, 1.54) is 19.4 Å². The van der Waals surface area contributed by atoms with Crippen LogP contribution in [0.15, 0.2) is 12.3 Å². The molecule has 0 aliphatic carbocycles. The summed E-state index contributed by atoms with van der Waals surface area (Å²) in [6.45, 7) is 0. The van der Waals surface area contributed by atoms with Crippen LogP contribution in [-0.4, -0.2) is 12.1 Å². The fourth-order valence-electron chi connectivity index (χ4n) is 0.749. The molecule has 0 fully saturated rings. The Morgan fingerprint density at radius 2 is 2.25 bits per heavy atom. The molecular weight excluding hydrogens is 279 g/mol. The molecule has 1 heterocycles. The molecule has 0 saturated carbocycles. The number of methoxy groups -OCH3 is 1. The summed E-state index contributed by atoms with van der Waals surface area (Å²) in [5.41, 5.74) is -0.0394. The average Bonchev–Trinajstić information content (AvgIpc) is 2.04. The molecule has 12 heavy (non-hydrogen) atoms. The van der Waals surface area contributed by atoms with E-state index in [1.807, 2.05) is 0 Å². The van der Waals surface area contributed by atoms with Crippen molar-refractivity contribution in [1.82, 2.24) is 4.98 Å². The van der Waals surface area contributed by atoms with Crippen LogP contribution in [0.4, 0.5) is 8.78 Å². The number of nitrogens with zero attached hydrogens (tertiary/aromatic N) is 1. The second-order valence-corrected chi connectivity index (χ2v) is 3.10. The predicted molar refractivity (Wildman–Crippen MR) is 48.5 cm³/mol. The molecule has 1 aromatic heterocycles. The summed E-state index contributed by atoms with van der Waals surface area (Å²) in [4.78, 5) is 3.78. The Balaban J connectivity index is 3.14. The lowest BCUT2D eigenvalue weighted by molar-refractivity contribution is 0.149. The minimum Gasteiger partial charge on any atom is -0.480 e. The van der Waals surface area contributed by atoms with Gasteiger partial charge < -0.3 is 4.74 Å². The summed E-state index contributed by atoms with van der Waals surface area (Å²) < 4.78 is 29.7. The molecule has 0 spiro atoms. The van der Waals surface area contributed by atoms with Crippen molar-refractivity contribution < 1.29 is 13.5 Å². The van der Waals surface area contributed by atoms with Crippen LogP contribution in [0, 0.1) is 3.57 Å². The monoisotopic (exact) mass is 285 g/mol. The number of ether oxygens (including phenoxy) is 1. The highest BCUT2D eigenvalue weighted by atomic mass is 127. The van der Waals surface area contributed by atoms with Gasteiger partial charge in [0, 0.05) is 11.8 Å². The first-order valence-corrected chi connectivity index (χ1v) is 4.21. The number of aromatic nitrogens is 1. The summed E-state index contributed by atoms with van der Waals surface area (Å²) in [5.74, 6) is 0.244. The highest BCUT2D eigenvalue weighted by Crippen LogP contribution is 2.28. The predicted octanol–water partition coefficient (Wildman–Crippen LogP) is 2.63. The zero-order valence-electron chi connectivity index (χ0n) is 6.22. The topological polar surface area (TPSA) is 22.1 Å². The fourth-order valence-corrected chi connectivity index (χ4v) is 1.52. The molecular formula is C7H6F2INO. The second kappa shape index (κ2) is 3.97. The quantitative estimate of drug-likeness (QED) is 0.779. The van der Waals surface area contributed by atoms with Crippen LogP contribution < -0.4 is 4.74 Å². The van der Waals surface area contributed by atoms with Crippen molar-refractivity contribution in [1.29, 1.82) is 0 Å². The fraction of sp³-hybridized carbons (Fsp3) is 0.286. The lowest BCUT2D eigenvalue weighted by Crippen LogP contribution is -1.96. The Hall–Kier alpha value is -0.460. The van der Waals surface area contributed by atoms with Gasteiger partial charge in [0.1, 0.15) is 0 Å². The molecule has 1 rings (SSSR count). The molecule has 0 aliphatic rings. The lowest BCUT2D eigenvalue weighted by Gasteiger charge is -2.05. The van der Waals surface area contributed by atoms with Gasteiger partial charge in [0.2, 0.25) is 5.88 Å². The van der Waals surface area contributed by atoms with Gasteiger partial charge in [-0.25, -0.2) is 13.8 Å². The van der Waals surface area contributed by atoms with Gasteiger partial charge in [-0.15, -0.1) is 0 Å². The van der Waals surface area contributed by atoms with Crippen molar-refractivity contribution in [3.63, 3.8) is 0 Å². The highest BCUT2D eigenvalue weighted by molar-refractivity contribution is 14.1. The van der Waals surface area contributed by atoms with Gasteiger partial charge in [-0.1, -0.05) is 0 Å². The summed E-state index contributed by atoms with van der Waals surface area (Å²) in [5, 5.41) is 0. The molecule has 0 bridgehead atoms. The third kappa shape index (κ3) is 1.82. The Morgan fingerprint density at radius 3 is 2.75 bits per heavy atom. The van der Waals surface area contributed by atoms with Crippen LogP contribution in [0.5, 0.6) is 5.88 Å². The summed E-state index contributed by atoms with van der Waals surface area (Å²) >= 11 is 1.79. The van der Waals surface area contributed by atoms with E-state index in [2.05, 4.69) is 4.98 Å². The van der Waals surface area contributed by atoms with Crippen molar-refractivity contribution in [3.8, 4) is 5.88 Å². The number of halogens is 3. The standard InChI is InChI=1S/C7H6F2INO/c1-12-7-5(10)4(6(8)9)2-3-11-7/h2-3,6H,1H3. The minimum absolute atomic E-state index is 0.0394. The van der Waals surface area contributed by atoms with Crippen molar-refractivity contribution >= 4 is 22.6 Å². The van der Waals surface area contributed by atoms with Crippen molar-refractivity contribution in [3.05, 3.63) is 21.4 Å². The molecule has 0 saturated heterocycles. The van der Waals surface area contributed by atoms with Crippen LogP contribution in [0.1, 0.15) is 12.0 Å². The summed E-state index contributed by atoms with van der Waals surface area (Å²) in [6, 6.07) is 1.29. The first kappa shape index (κ1) is 9.63. The van der Waals surface area contributed by atoms with E-state index in [9.17, 15) is 8.78 Å². The number of hydrogen-bond donors (Lipinski definition) is 0. The third-order valence-electron chi connectivity index (χ3n) is 1.32. The second-order valence-electron chi connectivity index (χ2n) is 2.02. The van der Waals surface area contributed by atoms with Crippen molar-refractivity contribution in [2.45, 2.75) is 6.43 Å². The molecule has 5 heteroatoms. The summed E-state index contributed by atoms with van der Waals surface area (Å²) in [6.07, 6.45) is -1.17. The molecule has 0 aromatic carbocycles. The smallest absolute Gasteiger partial charge is 0.265 e. The zero-order chi connectivity index (χ0) is 9.14. The first-order valence-electron chi connectivity index (χ1n) is 3.13. The van der Waals surface area contributed by atoms with E-state index in [-0.39, 0.29) is 11.4 Å². The number of hydrogen-bond acceptors (Lipinski definition) is 2. The normalized spacial score (nSPS) is 10.4. The van der Waals surface area contributed by atoms with E-state index in [4.69, 9.17) is 4.74 Å². The van der Waals surface area contributed by atoms with E-state index in [0.717, 1.165) is 0 Å². The van der Waals surface area contributed by atoms with Gasteiger partial charge in [-0.2, -0.15) is 0 Å². The third-order valence-corrected chi connectivity index (χ3v) is 2.40. The minimum atomic E-state index is -2.48. The maximum absolute atomic E-state index is 12.3. The maximum atomic E-state index is 12.3. The number of alkyl halides is 2. The SMILES string of the molecule is COc1nccc(C(F)F)c1I. The van der Waals surface area contributed by atoms with Gasteiger partial charge in [0.05, 0.1) is 10.7 Å². The lowest BCUT2D eigenvalue weighted by atomic mass is 10.3. The first-order chi connectivity index (χ1) is 5.66. The molecule has 0 atom stereocenters. The zero-order valence-corrected chi connectivity index (χ0v) is 8.38. The van der Waals surface area contributed by atoms with Gasteiger partial charge in [0.25, 0.3) is 6.43 Å². The molecule has 0 aliphatic heterocycles. The Kier molecular flexibility index (Phi) is 3.19. The van der Waals surface area contributed by atoms with Crippen molar-refractivity contribution in [2.24, 2.45) is 0 Å². The van der Waals surface area contributed by atoms with Crippen LogP contribution in [0.25, 0.3) is 0 Å². The van der Waals surface area contributed by atoms with E-state index < -0.39 is 6.43 Å². The molecule has 2 nitrogen and oxygen atoms in total. The number of pyridine rings is 1. The van der Waals surface area contributed by atoms with Crippen LogP contribution in [0.2, 0.25) is 0 Å². The largest absolute Gasteiger partial charge is 0.480 e. The van der Waals surface area contributed by atoms with E-state index in [0.29, 0.717) is 3.57 Å².